The highest BCUT2D eigenvalue weighted by atomic mass is 32.2. The number of aromatic nitrogens is 3. The van der Waals surface area contributed by atoms with Gasteiger partial charge in [-0.05, 0) is 47.0 Å². The Morgan fingerprint density at radius 2 is 1.62 bits per heavy atom. The van der Waals surface area contributed by atoms with E-state index in [0.717, 1.165) is 11.6 Å². The van der Waals surface area contributed by atoms with Gasteiger partial charge in [-0.25, -0.2) is 13.4 Å². The number of fused-ring (bicyclic) bond motifs is 1. The maximum absolute atomic E-state index is 13.2. The molecule has 0 aliphatic carbocycles. The first-order valence-electron chi connectivity index (χ1n) is 11.9. The smallest absolute Gasteiger partial charge is 0.319 e. The summed E-state index contributed by atoms with van der Waals surface area (Å²) in [5, 5.41) is 13.9. The number of amides is 1. The molecule has 0 aliphatic rings. The van der Waals surface area contributed by atoms with Crippen LogP contribution in [0.1, 0.15) is 5.56 Å². The first kappa shape index (κ1) is 26.1. The summed E-state index contributed by atoms with van der Waals surface area (Å²) in [5.74, 6) is -0.343. The first-order valence-corrected chi connectivity index (χ1v) is 13.4. The molecule has 198 valence electrons. The third-order valence-electron chi connectivity index (χ3n) is 5.66. The summed E-state index contributed by atoms with van der Waals surface area (Å²) in [6, 6.07) is 24.3. The van der Waals surface area contributed by atoms with Gasteiger partial charge in [-0.2, -0.15) is 4.57 Å². The van der Waals surface area contributed by atoms with Gasteiger partial charge in [0.25, 0.3) is 15.7 Å². The second kappa shape index (κ2) is 11.1. The molecule has 5 rings (SSSR count). The molecule has 0 fully saturated rings. The van der Waals surface area contributed by atoms with Gasteiger partial charge >= 0.3 is 5.82 Å². The number of rotatable bonds is 8. The summed E-state index contributed by atoms with van der Waals surface area (Å²) in [4.78, 5) is 31.8. The lowest BCUT2D eigenvalue weighted by atomic mass is 10.2. The van der Waals surface area contributed by atoms with Crippen LogP contribution in [-0.2, 0) is 14.8 Å². The average molecular weight is 554 g/mol. The summed E-state index contributed by atoms with van der Waals surface area (Å²) >= 11 is 0. The SMILES string of the molecule is O=C(/C=C/c1ccccc1)Nc1ccc[n+](-c2nc3ccccc3nc2NS(=O)(=O)c2cccc([N+](=O)[O-])c2)c1. The van der Waals surface area contributed by atoms with E-state index < -0.39 is 14.9 Å². The fraction of sp³-hybridized carbons (Fsp3) is 0. The fourth-order valence-electron chi connectivity index (χ4n) is 3.79. The van der Waals surface area contributed by atoms with E-state index in [-0.39, 0.29) is 28.1 Å². The molecule has 0 aliphatic heterocycles. The van der Waals surface area contributed by atoms with Gasteiger partial charge in [0.2, 0.25) is 17.2 Å². The molecule has 11 nitrogen and oxygen atoms in total. The zero-order valence-electron chi connectivity index (χ0n) is 20.7. The minimum atomic E-state index is -4.28. The molecule has 2 heterocycles. The minimum absolute atomic E-state index is 0.109. The van der Waals surface area contributed by atoms with Crippen molar-refractivity contribution in [1.29, 1.82) is 0 Å². The maximum atomic E-state index is 13.2. The summed E-state index contributed by atoms with van der Waals surface area (Å²) in [6.45, 7) is 0. The predicted octanol–water partition coefficient (Wildman–Crippen LogP) is 4.27. The number of hydrogen-bond donors (Lipinski definition) is 2. The second-order valence-electron chi connectivity index (χ2n) is 8.48. The molecular formula is C28H21N6O5S+. The molecule has 1 amide bonds. The van der Waals surface area contributed by atoms with E-state index in [1.54, 1.807) is 54.9 Å². The van der Waals surface area contributed by atoms with Crippen molar-refractivity contribution in [2.45, 2.75) is 4.90 Å². The highest BCUT2D eigenvalue weighted by molar-refractivity contribution is 7.92. The Morgan fingerprint density at radius 3 is 2.38 bits per heavy atom. The Bertz CT molecular complexity index is 1880. The van der Waals surface area contributed by atoms with Crippen molar-refractivity contribution >= 4 is 50.2 Å². The van der Waals surface area contributed by atoms with E-state index in [1.807, 2.05) is 30.3 Å². The largest absolute Gasteiger partial charge is 0.372 e. The topological polar surface area (TPSA) is 148 Å². The maximum Gasteiger partial charge on any atom is 0.372 e. The molecule has 0 saturated heterocycles. The standard InChI is InChI=1S/C28H20N6O5S/c35-26(16-15-20-8-2-1-3-9-20)29-21-10-7-17-33(19-21)28-27(30-24-13-4-5-14-25(24)31-28)32-40(38,39)23-12-6-11-22(18-23)34(36)37/h1-19H,(H-,29,30,32,35)/p+1/b16-15+. The van der Waals surface area contributed by atoms with Crippen LogP contribution in [0.4, 0.5) is 17.2 Å². The number of sulfonamides is 1. The van der Waals surface area contributed by atoms with Crippen molar-refractivity contribution in [2.75, 3.05) is 10.0 Å². The molecule has 2 N–H and O–H groups in total. The Labute approximate surface area is 228 Å². The van der Waals surface area contributed by atoms with Crippen LogP contribution in [0.3, 0.4) is 0 Å². The van der Waals surface area contributed by atoms with Crippen molar-refractivity contribution in [1.82, 2.24) is 9.97 Å². The van der Waals surface area contributed by atoms with Crippen molar-refractivity contribution in [3.8, 4) is 5.82 Å². The number of carbonyl (C=O) groups is 1. The van der Waals surface area contributed by atoms with Gasteiger partial charge in [-0.3, -0.25) is 19.6 Å². The summed E-state index contributed by atoms with van der Waals surface area (Å²) in [6.07, 6.45) is 6.28. The molecule has 0 spiro atoms. The Morgan fingerprint density at radius 1 is 0.900 bits per heavy atom. The molecule has 0 saturated carbocycles. The normalized spacial score (nSPS) is 11.4. The van der Waals surface area contributed by atoms with Crippen molar-refractivity contribution in [2.24, 2.45) is 0 Å². The quantitative estimate of drug-likeness (QED) is 0.126. The lowest BCUT2D eigenvalue weighted by Gasteiger charge is -2.09. The monoisotopic (exact) mass is 553 g/mol. The van der Waals surface area contributed by atoms with Crippen LogP contribution >= 0.6 is 0 Å². The molecule has 0 radical (unpaired) electrons. The third-order valence-corrected chi connectivity index (χ3v) is 7.00. The van der Waals surface area contributed by atoms with E-state index in [0.29, 0.717) is 16.7 Å². The number of pyridine rings is 1. The van der Waals surface area contributed by atoms with Crippen LogP contribution < -0.4 is 14.6 Å². The third kappa shape index (κ3) is 5.97. The second-order valence-corrected chi connectivity index (χ2v) is 10.2. The van der Waals surface area contributed by atoms with E-state index in [9.17, 15) is 23.3 Å². The van der Waals surface area contributed by atoms with Gasteiger partial charge in [-0.1, -0.05) is 48.5 Å². The van der Waals surface area contributed by atoms with E-state index in [4.69, 9.17) is 0 Å². The minimum Gasteiger partial charge on any atom is -0.319 e. The van der Waals surface area contributed by atoms with Crippen LogP contribution in [0.15, 0.2) is 114 Å². The van der Waals surface area contributed by atoms with E-state index >= 15 is 0 Å². The van der Waals surface area contributed by atoms with Gasteiger partial charge in [0, 0.05) is 18.2 Å². The number of carbonyl (C=O) groups excluding carboxylic acids is 1. The number of nitrogens with zero attached hydrogens (tertiary/aromatic N) is 4. The molecular weight excluding hydrogens is 532 g/mol. The predicted molar refractivity (Wildman–Crippen MR) is 149 cm³/mol. The molecule has 5 aromatic rings. The van der Waals surface area contributed by atoms with Gasteiger partial charge in [0.15, 0.2) is 0 Å². The van der Waals surface area contributed by atoms with Crippen LogP contribution in [0, 0.1) is 10.1 Å². The molecule has 40 heavy (non-hydrogen) atoms. The lowest BCUT2D eigenvalue weighted by molar-refractivity contribution is -0.598. The highest BCUT2D eigenvalue weighted by Gasteiger charge is 2.26. The van der Waals surface area contributed by atoms with Gasteiger partial charge < -0.3 is 5.32 Å². The van der Waals surface area contributed by atoms with Gasteiger partial charge in [-0.15, -0.1) is 0 Å². The van der Waals surface area contributed by atoms with Gasteiger partial charge in [0.05, 0.1) is 21.7 Å². The number of hydrogen-bond acceptors (Lipinski definition) is 7. The zero-order valence-corrected chi connectivity index (χ0v) is 21.5. The molecule has 0 unspecified atom stereocenters. The Kier molecular flexibility index (Phi) is 7.25. The van der Waals surface area contributed by atoms with Crippen LogP contribution in [0.25, 0.3) is 22.9 Å². The number of benzene rings is 3. The Balaban J connectivity index is 1.49. The number of nitro benzene ring substituents is 1. The lowest BCUT2D eigenvalue weighted by Crippen LogP contribution is -2.34. The van der Waals surface area contributed by atoms with Crippen LogP contribution in [-0.4, -0.2) is 29.2 Å². The summed E-state index contributed by atoms with van der Waals surface area (Å²) in [5.41, 5.74) is 1.86. The van der Waals surface area contributed by atoms with Crippen molar-refractivity contribution < 1.29 is 22.7 Å². The van der Waals surface area contributed by atoms with Crippen molar-refractivity contribution in [3.63, 3.8) is 0 Å². The molecule has 3 aromatic carbocycles. The highest BCUT2D eigenvalue weighted by Crippen LogP contribution is 2.23. The summed E-state index contributed by atoms with van der Waals surface area (Å²) in [7, 11) is -4.28. The zero-order chi connectivity index (χ0) is 28.1. The number of nitrogens with one attached hydrogen (secondary N) is 2. The van der Waals surface area contributed by atoms with E-state index in [2.05, 4.69) is 20.0 Å². The number of nitro groups is 1. The van der Waals surface area contributed by atoms with Crippen LogP contribution in [0.5, 0.6) is 0 Å². The fourth-order valence-corrected chi connectivity index (χ4v) is 4.83. The molecule has 12 heteroatoms. The molecule has 0 bridgehead atoms. The van der Waals surface area contributed by atoms with Crippen LogP contribution in [0.2, 0.25) is 0 Å². The average Bonchev–Trinajstić information content (AvgIpc) is 2.96. The Hall–Kier alpha value is -5.49. The number of anilines is 2. The van der Waals surface area contributed by atoms with E-state index in [1.165, 1.54) is 28.8 Å². The number of non-ortho nitro benzene ring substituents is 1. The molecule has 0 atom stereocenters. The number of para-hydroxylation sites is 2. The molecule has 2 aromatic heterocycles. The van der Waals surface area contributed by atoms with Gasteiger partial charge in [0.1, 0.15) is 11.7 Å². The summed E-state index contributed by atoms with van der Waals surface area (Å²) < 4.78 is 30.4. The first-order chi connectivity index (χ1) is 19.3. The van der Waals surface area contributed by atoms with Crippen molar-refractivity contribution in [3.05, 3.63) is 125 Å².